The molecule has 0 fully saturated rings. The van der Waals surface area contributed by atoms with E-state index in [0.29, 0.717) is 5.02 Å². The van der Waals surface area contributed by atoms with Gasteiger partial charge < -0.3 is 4.57 Å². The quantitative estimate of drug-likeness (QED) is 0.354. The molecule has 2 heterocycles. The Kier molecular flexibility index (Phi) is 4.91. The zero-order valence-corrected chi connectivity index (χ0v) is 16.9. The predicted octanol–water partition coefficient (Wildman–Crippen LogP) is 6.03. The van der Waals surface area contributed by atoms with Crippen LogP contribution in [0, 0.1) is 0 Å². The molecule has 1 atom stereocenters. The molecular weight excluding hydrogens is 392 g/mol. The highest BCUT2D eigenvalue weighted by Gasteiger charge is 2.24. The van der Waals surface area contributed by atoms with Crippen LogP contribution in [-0.4, -0.2) is 19.3 Å². The van der Waals surface area contributed by atoms with Crippen molar-refractivity contribution in [3.8, 4) is 16.9 Å². The van der Waals surface area contributed by atoms with E-state index in [1.807, 2.05) is 78.1 Å². The van der Waals surface area contributed by atoms with Gasteiger partial charge in [0.1, 0.15) is 0 Å². The summed E-state index contributed by atoms with van der Waals surface area (Å²) < 4.78 is 4.10. The maximum Gasteiger partial charge on any atom is 0.0954 e. The van der Waals surface area contributed by atoms with Gasteiger partial charge in [-0.3, -0.25) is 0 Å². The van der Waals surface area contributed by atoms with Gasteiger partial charge in [0, 0.05) is 28.5 Å². The molecule has 5 heteroatoms. The Bertz CT molecular complexity index is 1230. The zero-order valence-electron chi connectivity index (χ0n) is 16.1. The highest BCUT2D eigenvalue weighted by Crippen LogP contribution is 2.36. The Morgan fingerprint density at radius 2 is 1.50 bits per heavy atom. The molecule has 0 aliphatic carbocycles. The van der Waals surface area contributed by atoms with Crippen molar-refractivity contribution in [2.24, 2.45) is 0 Å². The molecule has 3 aromatic carbocycles. The summed E-state index contributed by atoms with van der Waals surface area (Å²) in [6.07, 6.45) is 7.61. The smallest absolute Gasteiger partial charge is 0.0954 e. The highest BCUT2D eigenvalue weighted by atomic mass is 35.5. The number of rotatable bonds is 5. The number of halogens is 1. The number of benzene rings is 3. The van der Waals surface area contributed by atoms with Gasteiger partial charge in [-0.1, -0.05) is 72.3 Å². The third-order valence-electron chi connectivity index (χ3n) is 5.15. The fraction of sp³-hybridized carbons (Fsp3) is 0.0400. The fourth-order valence-corrected chi connectivity index (χ4v) is 3.92. The van der Waals surface area contributed by atoms with E-state index in [0.717, 1.165) is 22.5 Å². The molecule has 0 aliphatic heterocycles. The lowest BCUT2D eigenvalue weighted by Crippen LogP contribution is -2.12. The van der Waals surface area contributed by atoms with Crippen LogP contribution in [0.1, 0.15) is 17.2 Å². The summed E-state index contributed by atoms with van der Waals surface area (Å²) >= 11 is 6.12. The molecule has 0 bridgehead atoms. The minimum atomic E-state index is -0.0510. The van der Waals surface area contributed by atoms with Gasteiger partial charge >= 0.3 is 0 Å². The Labute approximate surface area is 180 Å². The molecule has 0 radical (unpaired) electrons. The maximum atomic E-state index is 6.12. The summed E-state index contributed by atoms with van der Waals surface area (Å²) in [7, 11) is 0. The third-order valence-corrected chi connectivity index (χ3v) is 5.40. The molecular formula is C25H19ClN4. The number of hydrogen-bond donors (Lipinski definition) is 0. The van der Waals surface area contributed by atoms with Gasteiger partial charge in [-0.05, 0) is 29.8 Å². The van der Waals surface area contributed by atoms with Crippen molar-refractivity contribution < 1.29 is 0 Å². The van der Waals surface area contributed by atoms with Crippen molar-refractivity contribution in [3.63, 3.8) is 0 Å². The lowest BCUT2D eigenvalue weighted by Gasteiger charge is -2.20. The topological polar surface area (TPSA) is 35.6 Å². The average Bonchev–Trinajstić information content (AvgIpc) is 3.47. The standard InChI is InChI=1S/C25H19ClN4/c26-21-11-13-22(14-12-21)30-25(20-9-5-2-6-10-20)23(17-28-30)24(29-16-15-27-18-29)19-7-3-1-4-8-19/h1-18,24H. The first-order valence-corrected chi connectivity index (χ1v) is 10.1. The van der Waals surface area contributed by atoms with Crippen LogP contribution in [0.3, 0.4) is 0 Å². The van der Waals surface area contributed by atoms with E-state index in [9.17, 15) is 0 Å². The van der Waals surface area contributed by atoms with Crippen molar-refractivity contribution in [3.05, 3.63) is 126 Å². The third kappa shape index (κ3) is 3.42. The zero-order chi connectivity index (χ0) is 20.3. The normalized spacial score (nSPS) is 12.0. The van der Waals surface area contributed by atoms with Crippen molar-refractivity contribution in [1.82, 2.24) is 19.3 Å². The molecule has 0 amide bonds. The molecule has 4 nitrogen and oxygen atoms in total. The molecule has 5 rings (SSSR count). The number of hydrogen-bond acceptors (Lipinski definition) is 2. The molecule has 30 heavy (non-hydrogen) atoms. The van der Waals surface area contributed by atoms with Crippen molar-refractivity contribution in [1.29, 1.82) is 0 Å². The van der Waals surface area contributed by atoms with E-state index >= 15 is 0 Å². The summed E-state index contributed by atoms with van der Waals surface area (Å²) in [5.41, 5.74) is 5.37. The van der Waals surface area contributed by atoms with Crippen LogP contribution in [-0.2, 0) is 0 Å². The van der Waals surface area contributed by atoms with Crippen LogP contribution in [0.4, 0.5) is 0 Å². The summed E-state index contributed by atoms with van der Waals surface area (Å²) in [5.74, 6) is 0. The van der Waals surface area contributed by atoms with Gasteiger partial charge in [0.15, 0.2) is 0 Å². The van der Waals surface area contributed by atoms with E-state index in [2.05, 4.69) is 45.9 Å². The summed E-state index contributed by atoms with van der Waals surface area (Å²) in [6, 6.07) is 28.5. The Balaban J connectivity index is 1.76. The Hall–Kier alpha value is -3.63. The first kappa shape index (κ1) is 18.4. The lowest BCUT2D eigenvalue weighted by molar-refractivity contribution is 0.678. The minimum absolute atomic E-state index is 0.0510. The van der Waals surface area contributed by atoms with Crippen LogP contribution in [0.5, 0.6) is 0 Å². The minimum Gasteiger partial charge on any atom is -0.326 e. The lowest BCUT2D eigenvalue weighted by atomic mass is 9.96. The fourth-order valence-electron chi connectivity index (χ4n) is 3.79. The van der Waals surface area contributed by atoms with Crippen LogP contribution < -0.4 is 0 Å². The van der Waals surface area contributed by atoms with E-state index in [1.54, 1.807) is 0 Å². The maximum absolute atomic E-state index is 6.12. The number of nitrogens with zero attached hydrogens (tertiary/aromatic N) is 4. The summed E-state index contributed by atoms with van der Waals surface area (Å²) in [5, 5.41) is 5.49. The number of aromatic nitrogens is 4. The van der Waals surface area contributed by atoms with Crippen LogP contribution in [0.15, 0.2) is 110 Å². The predicted molar refractivity (Wildman–Crippen MR) is 120 cm³/mol. The van der Waals surface area contributed by atoms with E-state index in [1.165, 1.54) is 5.56 Å². The molecule has 0 saturated carbocycles. The van der Waals surface area contributed by atoms with Crippen molar-refractivity contribution in [2.75, 3.05) is 0 Å². The summed E-state index contributed by atoms with van der Waals surface area (Å²) in [6.45, 7) is 0. The van der Waals surface area contributed by atoms with Gasteiger partial charge in [-0.15, -0.1) is 0 Å². The van der Waals surface area contributed by atoms with Crippen molar-refractivity contribution in [2.45, 2.75) is 6.04 Å². The SMILES string of the molecule is Clc1ccc(-n2ncc(C(c3ccccc3)n3ccnc3)c2-c2ccccc2)cc1. The van der Waals surface area contributed by atoms with E-state index in [4.69, 9.17) is 16.7 Å². The van der Waals surface area contributed by atoms with Gasteiger partial charge in [-0.2, -0.15) is 5.10 Å². The molecule has 0 aliphatic rings. The monoisotopic (exact) mass is 410 g/mol. The second-order valence-corrected chi connectivity index (χ2v) is 7.46. The van der Waals surface area contributed by atoms with Gasteiger partial charge in [0.2, 0.25) is 0 Å². The van der Waals surface area contributed by atoms with E-state index in [-0.39, 0.29) is 6.04 Å². The average molecular weight is 411 g/mol. The molecule has 0 N–H and O–H groups in total. The van der Waals surface area contributed by atoms with Crippen molar-refractivity contribution >= 4 is 11.6 Å². The second-order valence-electron chi connectivity index (χ2n) is 7.03. The summed E-state index contributed by atoms with van der Waals surface area (Å²) in [4.78, 5) is 4.29. The number of imidazole rings is 1. The van der Waals surface area contributed by atoms with E-state index < -0.39 is 0 Å². The highest BCUT2D eigenvalue weighted by molar-refractivity contribution is 6.30. The largest absolute Gasteiger partial charge is 0.326 e. The molecule has 0 saturated heterocycles. The molecule has 1 unspecified atom stereocenters. The Morgan fingerprint density at radius 1 is 0.800 bits per heavy atom. The van der Waals surface area contributed by atoms with Gasteiger partial charge in [0.25, 0.3) is 0 Å². The van der Waals surface area contributed by atoms with Crippen LogP contribution >= 0.6 is 11.6 Å². The molecule has 146 valence electrons. The van der Waals surface area contributed by atoms with Crippen LogP contribution in [0.2, 0.25) is 5.02 Å². The Morgan fingerprint density at radius 3 is 2.17 bits per heavy atom. The molecule has 5 aromatic rings. The second kappa shape index (κ2) is 8.01. The van der Waals surface area contributed by atoms with Crippen LogP contribution in [0.25, 0.3) is 16.9 Å². The van der Waals surface area contributed by atoms with Gasteiger partial charge in [-0.25, -0.2) is 9.67 Å². The first-order chi connectivity index (χ1) is 14.8. The first-order valence-electron chi connectivity index (χ1n) is 9.73. The molecule has 2 aromatic heterocycles. The molecule has 0 spiro atoms. The van der Waals surface area contributed by atoms with Gasteiger partial charge in [0.05, 0.1) is 29.9 Å².